The lowest BCUT2D eigenvalue weighted by Crippen LogP contribution is -2.43. The molecule has 4 nitrogen and oxygen atoms in total. The average molecular weight is 343 g/mol. The Morgan fingerprint density at radius 2 is 1.72 bits per heavy atom. The molecule has 1 aromatic rings. The fraction of sp³-hybridized carbons (Fsp3) is 0.571. The van der Waals surface area contributed by atoms with Gasteiger partial charge >= 0.3 is 0 Å². The second-order valence-electron chi connectivity index (χ2n) is 8.00. The summed E-state index contributed by atoms with van der Waals surface area (Å²) in [6.45, 7) is 11.8. The van der Waals surface area contributed by atoms with Crippen molar-refractivity contribution < 1.29 is 14.4 Å². The number of benzene rings is 1. The third kappa shape index (κ3) is 4.17. The molecule has 1 amide bonds. The second kappa shape index (κ2) is 7.11. The molecule has 0 spiro atoms. The number of hydrogen-bond donors (Lipinski definition) is 1. The molecule has 2 rings (SSSR count). The lowest BCUT2D eigenvalue weighted by molar-refractivity contribution is -0.129. The average Bonchev–Trinajstić information content (AvgIpc) is 2.73. The van der Waals surface area contributed by atoms with E-state index < -0.39 is 11.8 Å². The van der Waals surface area contributed by atoms with Gasteiger partial charge in [0.25, 0.3) is 0 Å². The molecule has 2 atom stereocenters. The summed E-state index contributed by atoms with van der Waals surface area (Å²) >= 11 is 0. The van der Waals surface area contributed by atoms with Crippen LogP contribution in [-0.4, -0.2) is 23.0 Å². The number of ketones is 2. The maximum atomic E-state index is 12.9. The molecular weight excluding hydrogens is 314 g/mol. The zero-order valence-electron chi connectivity index (χ0n) is 16.2. The monoisotopic (exact) mass is 343 g/mol. The van der Waals surface area contributed by atoms with Crippen LogP contribution in [0.5, 0.6) is 0 Å². The van der Waals surface area contributed by atoms with Crippen molar-refractivity contribution in [2.24, 2.45) is 5.92 Å². The Labute approximate surface area is 150 Å². The van der Waals surface area contributed by atoms with E-state index in [1.165, 1.54) is 0 Å². The number of rotatable bonds is 5. The van der Waals surface area contributed by atoms with E-state index in [0.29, 0.717) is 0 Å². The smallest absolute Gasteiger partial charge is 0.221 e. The van der Waals surface area contributed by atoms with E-state index in [4.69, 9.17) is 0 Å². The van der Waals surface area contributed by atoms with Gasteiger partial charge in [-0.05, 0) is 57.7 Å². The maximum Gasteiger partial charge on any atom is 0.221 e. The predicted octanol–water partition coefficient (Wildman–Crippen LogP) is 3.55. The molecule has 0 radical (unpaired) electrons. The number of carbonyl (C=O) groups is 3. The summed E-state index contributed by atoms with van der Waals surface area (Å²) < 4.78 is 0. The fourth-order valence-corrected chi connectivity index (χ4v) is 3.72. The molecule has 0 heterocycles. The van der Waals surface area contributed by atoms with Gasteiger partial charge in [-0.1, -0.05) is 24.6 Å². The van der Waals surface area contributed by atoms with Crippen molar-refractivity contribution in [3.05, 3.63) is 34.4 Å². The molecule has 2 unspecified atom stereocenters. The Bertz CT molecular complexity index is 695. The Balaban J connectivity index is 2.20. The van der Waals surface area contributed by atoms with Crippen LogP contribution in [0.25, 0.3) is 0 Å². The number of carbonyl (C=O) groups excluding carboxylic acids is 3. The van der Waals surface area contributed by atoms with Crippen LogP contribution in [0.4, 0.5) is 0 Å². The van der Waals surface area contributed by atoms with Crippen LogP contribution in [0, 0.1) is 26.7 Å². The molecule has 136 valence electrons. The molecule has 0 saturated heterocycles. The number of nitrogens with one attached hydrogen (secondary N) is 1. The second-order valence-corrected chi connectivity index (χ2v) is 8.00. The van der Waals surface area contributed by atoms with E-state index in [1.54, 1.807) is 0 Å². The Hall–Kier alpha value is -1.97. The zero-order chi connectivity index (χ0) is 18.9. The van der Waals surface area contributed by atoms with Crippen LogP contribution in [0.15, 0.2) is 12.1 Å². The number of hydrogen-bond acceptors (Lipinski definition) is 3. The first-order chi connectivity index (χ1) is 11.6. The molecule has 4 heteroatoms. The highest BCUT2D eigenvalue weighted by molar-refractivity contribution is 6.15. The minimum atomic E-state index is -0.711. The lowest BCUT2D eigenvalue weighted by Gasteiger charge is -2.25. The fourth-order valence-electron chi connectivity index (χ4n) is 3.72. The molecule has 1 aliphatic rings. The minimum absolute atomic E-state index is 0.0624. The molecule has 1 aromatic carbocycles. The summed E-state index contributed by atoms with van der Waals surface area (Å²) in [4.78, 5) is 37.7. The molecule has 1 fully saturated rings. The maximum absolute atomic E-state index is 12.9. The van der Waals surface area contributed by atoms with Crippen molar-refractivity contribution >= 4 is 17.5 Å². The first kappa shape index (κ1) is 19.4. The summed E-state index contributed by atoms with van der Waals surface area (Å²) in [7, 11) is 0. The Morgan fingerprint density at radius 1 is 1.16 bits per heavy atom. The quantitative estimate of drug-likeness (QED) is 0.832. The van der Waals surface area contributed by atoms with Crippen molar-refractivity contribution in [1.29, 1.82) is 0 Å². The first-order valence-corrected chi connectivity index (χ1v) is 9.01. The standard InChI is InChI=1S/C21H29NO3/c1-7-21(5,6)22-17(24)11-15-10-16(23)19(20(15)25)18-13(3)8-12(2)9-14(18)4/h8-9,15,19H,7,10-11H2,1-6H3,(H,22,24). The summed E-state index contributed by atoms with van der Waals surface area (Å²) in [5.41, 5.74) is 3.60. The van der Waals surface area contributed by atoms with E-state index in [1.807, 2.05) is 53.7 Å². The van der Waals surface area contributed by atoms with Crippen molar-refractivity contribution in [3.63, 3.8) is 0 Å². The molecular formula is C21H29NO3. The van der Waals surface area contributed by atoms with E-state index in [2.05, 4.69) is 5.32 Å². The van der Waals surface area contributed by atoms with E-state index in [-0.39, 0.29) is 35.9 Å². The molecule has 1 saturated carbocycles. The Kier molecular flexibility index (Phi) is 5.50. The third-order valence-electron chi connectivity index (χ3n) is 5.28. The van der Waals surface area contributed by atoms with Crippen molar-refractivity contribution in [2.75, 3.05) is 0 Å². The molecule has 0 bridgehead atoms. The van der Waals surface area contributed by atoms with Gasteiger partial charge in [-0.2, -0.15) is 0 Å². The molecule has 0 aromatic heterocycles. The van der Waals surface area contributed by atoms with E-state index in [9.17, 15) is 14.4 Å². The van der Waals surface area contributed by atoms with Gasteiger partial charge in [0, 0.05) is 24.3 Å². The van der Waals surface area contributed by atoms with Gasteiger partial charge in [-0.3, -0.25) is 14.4 Å². The van der Waals surface area contributed by atoms with Crippen LogP contribution in [0.2, 0.25) is 0 Å². The molecule has 1 aliphatic carbocycles. The summed E-state index contributed by atoms with van der Waals surface area (Å²) in [6.07, 6.45) is 1.06. The largest absolute Gasteiger partial charge is 0.351 e. The van der Waals surface area contributed by atoms with Gasteiger partial charge in [0.05, 0.1) is 0 Å². The van der Waals surface area contributed by atoms with E-state index >= 15 is 0 Å². The van der Waals surface area contributed by atoms with E-state index in [0.717, 1.165) is 28.7 Å². The molecule has 1 N–H and O–H groups in total. The van der Waals surface area contributed by atoms with Crippen molar-refractivity contribution in [2.45, 2.75) is 72.3 Å². The van der Waals surface area contributed by atoms with Crippen molar-refractivity contribution in [3.8, 4) is 0 Å². The van der Waals surface area contributed by atoms with Gasteiger partial charge in [0.1, 0.15) is 11.7 Å². The highest BCUT2D eigenvalue weighted by atomic mass is 16.2. The summed E-state index contributed by atoms with van der Waals surface area (Å²) in [5.74, 6) is -1.55. The van der Waals surface area contributed by atoms with Gasteiger partial charge in [0.15, 0.2) is 5.78 Å². The van der Waals surface area contributed by atoms with Crippen LogP contribution in [0.1, 0.15) is 68.2 Å². The normalized spacial score (nSPS) is 20.9. The van der Waals surface area contributed by atoms with Crippen LogP contribution in [0.3, 0.4) is 0 Å². The first-order valence-electron chi connectivity index (χ1n) is 9.01. The SMILES string of the molecule is CCC(C)(C)NC(=O)CC1CC(=O)C(c2c(C)cc(C)cc2C)C1=O. The third-order valence-corrected chi connectivity index (χ3v) is 5.28. The van der Waals surface area contributed by atoms with Crippen LogP contribution in [-0.2, 0) is 14.4 Å². The number of Topliss-reactive ketones (excluding diaryl/α,β-unsaturated/α-hetero) is 2. The predicted molar refractivity (Wildman–Crippen MR) is 98.6 cm³/mol. The van der Waals surface area contributed by atoms with Gasteiger partial charge < -0.3 is 5.32 Å². The molecule has 25 heavy (non-hydrogen) atoms. The summed E-state index contributed by atoms with van der Waals surface area (Å²) in [6, 6.07) is 4.01. The van der Waals surface area contributed by atoms with Crippen LogP contribution < -0.4 is 5.32 Å². The number of aryl methyl sites for hydroxylation is 3. The Morgan fingerprint density at radius 3 is 2.24 bits per heavy atom. The zero-order valence-corrected chi connectivity index (χ0v) is 16.2. The highest BCUT2D eigenvalue weighted by Gasteiger charge is 2.44. The lowest BCUT2D eigenvalue weighted by atomic mass is 9.86. The minimum Gasteiger partial charge on any atom is -0.351 e. The van der Waals surface area contributed by atoms with Crippen molar-refractivity contribution in [1.82, 2.24) is 5.32 Å². The van der Waals surface area contributed by atoms with Gasteiger partial charge in [-0.15, -0.1) is 0 Å². The number of amides is 1. The van der Waals surface area contributed by atoms with Crippen LogP contribution >= 0.6 is 0 Å². The summed E-state index contributed by atoms with van der Waals surface area (Å²) in [5, 5.41) is 2.95. The molecule has 0 aliphatic heterocycles. The topological polar surface area (TPSA) is 63.2 Å². The highest BCUT2D eigenvalue weighted by Crippen LogP contribution is 2.37. The van der Waals surface area contributed by atoms with Gasteiger partial charge in [-0.25, -0.2) is 0 Å². The van der Waals surface area contributed by atoms with Gasteiger partial charge in [0.2, 0.25) is 5.91 Å².